The highest BCUT2D eigenvalue weighted by atomic mass is 19.1. The Morgan fingerprint density at radius 1 is 1.50 bits per heavy atom. The molecule has 0 aliphatic carbocycles. The van der Waals surface area contributed by atoms with Gasteiger partial charge < -0.3 is 10.8 Å². The minimum atomic E-state index is -0.755. The lowest BCUT2D eigenvalue weighted by atomic mass is 9.94. The van der Waals surface area contributed by atoms with Crippen LogP contribution in [0.4, 0.5) is 4.39 Å². The summed E-state index contributed by atoms with van der Waals surface area (Å²) < 4.78 is 13.3. The van der Waals surface area contributed by atoms with Crippen molar-refractivity contribution < 1.29 is 9.50 Å². The molecule has 0 fully saturated rings. The highest BCUT2D eigenvalue weighted by Crippen LogP contribution is 2.15. The smallest absolute Gasteiger partial charge is 0.126 e. The number of benzene rings is 1. The molecule has 0 heterocycles. The molecule has 0 aromatic heterocycles. The average Bonchev–Trinajstić information content (AvgIpc) is 2.11. The molecule has 0 saturated carbocycles. The van der Waals surface area contributed by atoms with Crippen molar-refractivity contribution in [1.82, 2.24) is 0 Å². The number of halogens is 1. The molecule has 0 aliphatic rings. The largest absolute Gasteiger partial charge is 0.394 e. The van der Waals surface area contributed by atoms with Crippen LogP contribution in [0, 0.1) is 12.7 Å². The van der Waals surface area contributed by atoms with E-state index in [1.54, 1.807) is 19.1 Å². The van der Waals surface area contributed by atoms with Gasteiger partial charge in [0.2, 0.25) is 0 Å². The van der Waals surface area contributed by atoms with Crippen LogP contribution in [0.1, 0.15) is 18.1 Å². The Morgan fingerprint density at radius 2 is 2.14 bits per heavy atom. The van der Waals surface area contributed by atoms with Gasteiger partial charge >= 0.3 is 0 Å². The zero-order valence-corrected chi connectivity index (χ0v) is 8.55. The van der Waals surface area contributed by atoms with Gasteiger partial charge in [0.15, 0.2) is 0 Å². The summed E-state index contributed by atoms with van der Waals surface area (Å²) in [6, 6.07) is 4.90. The highest BCUT2D eigenvalue weighted by molar-refractivity contribution is 5.25. The van der Waals surface area contributed by atoms with Crippen LogP contribution in [0.3, 0.4) is 0 Å². The molecular formula is C11H16FNO. The van der Waals surface area contributed by atoms with E-state index in [1.165, 1.54) is 6.07 Å². The molecule has 78 valence electrons. The number of aryl methyl sites for hydroxylation is 1. The summed E-state index contributed by atoms with van der Waals surface area (Å²) in [6.07, 6.45) is 0.344. The Bertz CT molecular complexity index is 323. The molecule has 1 aromatic carbocycles. The molecule has 0 aliphatic heterocycles. The highest BCUT2D eigenvalue weighted by Gasteiger charge is 2.19. The third-order valence-electron chi connectivity index (χ3n) is 2.16. The SMILES string of the molecule is Cc1ccc(F)c(CC(C)(N)CO)c1. The number of hydrogen-bond donors (Lipinski definition) is 2. The van der Waals surface area contributed by atoms with Crippen molar-refractivity contribution in [3.63, 3.8) is 0 Å². The predicted octanol–water partition coefficient (Wildman–Crippen LogP) is 1.39. The summed E-state index contributed by atoms with van der Waals surface area (Å²) in [5, 5.41) is 8.97. The van der Waals surface area contributed by atoms with Gasteiger partial charge in [-0.15, -0.1) is 0 Å². The van der Waals surface area contributed by atoms with Crippen LogP contribution in [0.2, 0.25) is 0 Å². The molecule has 3 N–H and O–H groups in total. The Hall–Kier alpha value is -0.930. The van der Waals surface area contributed by atoms with Gasteiger partial charge in [-0.2, -0.15) is 0 Å². The maximum absolute atomic E-state index is 13.3. The second-order valence-corrected chi connectivity index (χ2v) is 4.08. The average molecular weight is 197 g/mol. The van der Waals surface area contributed by atoms with Crippen molar-refractivity contribution in [2.75, 3.05) is 6.61 Å². The first-order chi connectivity index (χ1) is 6.44. The first-order valence-corrected chi connectivity index (χ1v) is 4.59. The number of aliphatic hydroxyl groups excluding tert-OH is 1. The lowest BCUT2D eigenvalue weighted by Gasteiger charge is -2.22. The third kappa shape index (κ3) is 2.79. The molecule has 1 aromatic rings. The molecule has 0 spiro atoms. The van der Waals surface area contributed by atoms with Gasteiger partial charge in [0.1, 0.15) is 5.82 Å². The van der Waals surface area contributed by atoms with E-state index in [-0.39, 0.29) is 12.4 Å². The quantitative estimate of drug-likeness (QED) is 0.769. The second-order valence-electron chi connectivity index (χ2n) is 4.08. The van der Waals surface area contributed by atoms with Crippen molar-refractivity contribution >= 4 is 0 Å². The molecule has 0 radical (unpaired) electrons. The van der Waals surface area contributed by atoms with E-state index in [1.807, 2.05) is 6.92 Å². The summed E-state index contributed by atoms with van der Waals surface area (Å²) in [5.74, 6) is -0.263. The Labute approximate surface area is 83.6 Å². The van der Waals surface area contributed by atoms with Gasteiger partial charge in [0, 0.05) is 5.54 Å². The van der Waals surface area contributed by atoms with E-state index in [2.05, 4.69) is 0 Å². The van der Waals surface area contributed by atoms with E-state index in [0.29, 0.717) is 12.0 Å². The summed E-state index contributed by atoms with van der Waals surface area (Å²) in [4.78, 5) is 0. The lowest BCUT2D eigenvalue weighted by Crippen LogP contribution is -2.42. The van der Waals surface area contributed by atoms with Crippen molar-refractivity contribution in [2.45, 2.75) is 25.8 Å². The Balaban J connectivity index is 2.91. The van der Waals surface area contributed by atoms with Crippen LogP contribution in [0.5, 0.6) is 0 Å². The molecule has 14 heavy (non-hydrogen) atoms. The zero-order valence-electron chi connectivity index (χ0n) is 8.55. The summed E-state index contributed by atoms with van der Waals surface area (Å²) >= 11 is 0. The molecule has 1 rings (SSSR count). The third-order valence-corrected chi connectivity index (χ3v) is 2.16. The minimum Gasteiger partial charge on any atom is -0.394 e. The zero-order chi connectivity index (χ0) is 10.8. The van der Waals surface area contributed by atoms with Crippen LogP contribution in [-0.2, 0) is 6.42 Å². The fourth-order valence-electron chi connectivity index (χ4n) is 1.33. The molecule has 1 unspecified atom stereocenters. The second kappa shape index (κ2) is 4.07. The fourth-order valence-corrected chi connectivity index (χ4v) is 1.33. The van der Waals surface area contributed by atoms with Gasteiger partial charge in [-0.3, -0.25) is 0 Å². The number of hydrogen-bond acceptors (Lipinski definition) is 2. The first kappa shape index (κ1) is 11.1. The maximum atomic E-state index is 13.3. The van der Waals surface area contributed by atoms with Crippen molar-refractivity contribution in [3.8, 4) is 0 Å². The molecule has 0 amide bonds. The number of rotatable bonds is 3. The van der Waals surface area contributed by atoms with Crippen molar-refractivity contribution in [1.29, 1.82) is 0 Å². The maximum Gasteiger partial charge on any atom is 0.126 e. The number of nitrogens with two attached hydrogens (primary N) is 1. The van der Waals surface area contributed by atoms with Crippen LogP contribution < -0.4 is 5.73 Å². The van der Waals surface area contributed by atoms with Gasteiger partial charge in [-0.05, 0) is 31.9 Å². The topological polar surface area (TPSA) is 46.2 Å². The first-order valence-electron chi connectivity index (χ1n) is 4.59. The lowest BCUT2D eigenvalue weighted by molar-refractivity contribution is 0.207. The van der Waals surface area contributed by atoms with E-state index in [0.717, 1.165) is 5.56 Å². The predicted molar refractivity (Wildman–Crippen MR) is 54.5 cm³/mol. The Kier molecular flexibility index (Phi) is 3.24. The van der Waals surface area contributed by atoms with Gasteiger partial charge in [0.05, 0.1) is 6.61 Å². The van der Waals surface area contributed by atoms with Crippen molar-refractivity contribution in [2.24, 2.45) is 5.73 Å². The molecule has 2 nitrogen and oxygen atoms in total. The van der Waals surface area contributed by atoms with Gasteiger partial charge in [-0.1, -0.05) is 17.7 Å². The molecule has 3 heteroatoms. The fraction of sp³-hybridized carbons (Fsp3) is 0.455. The van der Waals surface area contributed by atoms with Gasteiger partial charge in [0.25, 0.3) is 0 Å². The van der Waals surface area contributed by atoms with E-state index in [4.69, 9.17) is 10.8 Å². The Morgan fingerprint density at radius 3 is 2.71 bits per heavy atom. The van der Waals surface area contributed by atoms with Crippen LogP contribution >= 0.6 is 0 Å². The van der Waals surface area contributed by atoms with E-state index >= 15 is 0 Å². The van der Waals surface area contributed by atoms with E-state index < -0.39 is 5.54 Å². The number of aliphatic hydroxyl groups is 1. The van der Waals surface area contributed by atoms with Crippen LogP contribution in [-0.4, -0.2) is 17.3 Å². The summed E-state index contributed by atoms with van der Waals surface area (Å²) in [7, 11) is 0. The normalized spacial score (nSPS) is 15.2. The molecule has 1 atom stereocenters. The molecule has 0 saturated heterocycles. The van der Waals surface area contributed by atoms with E-state index in [9.17, 15) is 4.39 Å². The summed E-state index contributed by atoms with van der Waals surface area (Å²) in [5.41, 5.74) is 6.55. The molecule has 0 bridgehead atoms. The van der Waals surface area contributed by atoms with Gasteiger partial charge in [-0.25, -0.2) is 4.39 Å². The van der Waals surface area contributed by atoms with Crippen molar-refractivity contribution in [3.05, 3.63) is 35.1 Å². The van der Waals surface area contributed by atoms with Crippen LogP contribution in [0.25, 0.3) is 0 Å². The summed E-state index contributed by atoms with van der Waals surface area (Å²) in [6.45, 7) is 3.45. The van der Waals surface area contributed by atoms with Crippen LogP contribution in [0.15, 0.2) is 18.2 Å². The standard InChI is InChI=1S/C11H16FNO/c1-8-3-4-10(12)9(5-8)6-11(2,13)7-14/h3-5,14H,6-7,13H2,1-2H3. The minimum absolute atomic E-state index is 0.152. The molecular weight excluding hydrogens is 181 g/mol. The monoisotopic (exact) mass is 197 g/mol.